The zero-order valence-electron chi connectivity index (χ0n) is 17.2. The number of rotatable bonds is 8. The van der Waals surface area contributed by atoms with Crippen LogP contribution in [0.15, 0.2) is 30.6 Å². The second-order valence-electron chi connectivity index (χ2n) is 7.32. The number of nitrogens with one attached hydrogen (secondary N) is 1. The van der Waals surface area contributed by atoms with E-state index in [0.29, 0.717) is 22.4 Å². The van der Waals surface area contributed by atoms with Crippen molar-refractivity contribution in [2.75, 3.05) is 6.61 Å². The zero-order chi connectivity index (χ0) is 22.5. The molecular weight excluding hydrogens is 399 g/mol. The fourth-order valence-corrected chi connectivity index (χ4v) is 2.58. The molecule has 162 valence electrons. The van der Waals surface area contributed by atoms with E-state index in [0.717, 1.165) is 0 Å². The third-order valence-electron chi connectivity index (χ3n) is 4.35. The molecular formula is C21H24F3N3O3. The number of hydrogen-bond donors (Lipinski definition) is 1. The lowest BCUT2D eigenvalue weighted by Gasteiger charge is -2.16. The van der Waals surface area contributed by atoms with E-state index in [4.69, 9.17) is 0 Å². The largest absolute Gasteiger partial charge is 0.468 e. The minimum Gasteiger partial charge on any atom is -0.468 e. The van der Waals surface area contributed by atoms with Crippen molar-refractivity contribution < 1.29 is 27.5 Å². The van der Waals surface area contributed by atoms with Crippen LogP contribution in [0.4, 0.5) is 13.2 Å². The molecule has 0 aliphatic carbocycles. The average Bonchev–Trinajstić information content (AvgIpc) is 2.66. The van der Waals surface area contributed by atoms with Crippen LogP contribution in [0.25, 0.3) is 0 Å². The molecule has 0 spiro atoms. The Morgan fingerprint density at radius 3 is 2.47 bits per heavy atom. The molecule has 2 aromatic heterocycles. The van der Waals surface area contributed by atoms with Crippen LogP contribution in [0.5, 0.6) is 5.88 Å². The summed E-state index contributed by atoms with van der Waals surface area (Å²) < 4.78 is 41.6. The Bertz CT molecular complexity index is 914. The smallest absolute Gasteiger partial charge is 0.422 e. The van der Waals surface area contributed by atoms with E-state index in [-0.39, 0.29) is 29.9 Å². The lowest BCUT2D eigenvalue weighted by atomic mass is 10.0. The number of hydrogen-bond acceptors (Lipinski definition) is 5. The lowest BCUT2D eigenvalue weighted by Crippen LogP contribution is -2.27. The first kappa shape index (κ1) is 23.3. The molecule has 2 rings (SSSR count). The van der Waals surface area contributed by atoms with Crippen LogP contribution < -0.4 is 10.1 Å². The summed E-state index contributed by atoms with van der Waals surface area (Å²) in [4.78, 5) is 32.5. The second-order valence-corrected chi connectivity index (χ2v) is 7.32. The Kier molecular flexibility index (Phi) is 7.53. The predicted molar refractivity (Wildman–Crippen MR) is 104 cm³/mol. The molecule has 2 heterocycles. The van der Waals surface area contributed by atoms with Gasteiger partial charge in [0, 0.05) is 41.6 Å². The molecule has 0 aromatic carbocycles. The molecule has 1 atom stereocenters. The van der Waals surface area contributed by atoms with E-state index < -0.39 is 18.8 Å². The lowest BCUT2D eigenvalue weighted by molar-refractivity contribution is -0.154. The van der Waals surface area contributed by atoms with E-state index in [2.05, 4.69) is 20.0 Å². The molecule has 2 aromatic rings. The number of aromatic nitrogens is 2. The highest BCUT2D eigenvalue weighted by Crippen LogP contribution is 2.23. The number of ether oxygens (including phenoxy) is 1. The van der Waals surface area contributed by atoms with Gasteiger partial charge in [0.05, 0.1) is 6.04 Å². The highest BCUT2D eigenvalue weighted by Gasteiger charge is 2.29. The molecule has 0 aliphatic heterocycles. The molecule has 0 aliphatic rings. The number of Topliss-reactive ketones (excluding diaryl/α,β-unsaturated/α-hetero) is 1. The highest BCUT2D eigenvalue weighted by molar-refractivity contribution is 5.94. The molecule has 30 heavy (non-hydrogen) atoms. The Balaban J connectivity index is 2.05. The van der Waals surface area contributed by atoms with Crippen molar-refractivity contribution in [3.05, 3.63) is 53.0 Å². The Morgan fingerprint density at radius 2 is 1.87 bits per heavy atom. The topological polar surface area (TPSA) is 81.2 Å². The van der Waals surface area contributed by atoms with Gasteiger partial charge in [0.25, 0.3) is 5.91 Å². The summed E-state index contributed by atoms with van der Waals surface area (Å²) in [5.41, 5.74) is 1.91. The molecule has 0 saturated carbocycles. The summed E-state index contributed by atoms with van der Waals surface area (Å²) in [5.74, 6) is -0.563. The number of carbonyl (C=O) groups is 2. The van der Waals surface area contributed by atoms with Crippen molar-refractivity contribution >= 4 is 11.7 Å². The van der Waals surface area contributed by atoms with E-state index in [1.54, 1.807) is 45.9 Å². The van der Waals surface area contributed by atoms with Gasteiger partial charge in [-0.15, -0.1) is 0 Å². The second kappa shape index (κ2) is 9.69. The highest BCUT2D eigenvalue weighted by atomic mass is 19.4. The van der Waals surface area contributed by atoms with Crippen molar-refractivity contribution in [2.45, 2.75) is 46.3 Å². The van der Waals surface area contributed by atoms with E-state index >= 15 is 0 Å². The summed E-state index contributed by atoms with van der Waals surface area (Å²) in [6.07, 6.45) is -1.46. The first-order valence-electron chi connectivity index (χ1n) is 9.41. The molecule has 0 fully saturated rings. The first-order valence-corrected chi connectivity index (χ1v) is 9.41. The maximum absolute atomic E-state index is 12.6. The third kappa shape index (κ3) is 6.82. The van der Waals surface area contributed by atoms with Gasteiger partial charge in [-0.2, -0.15) is 13.2 Å². The van der Waals surface area contributed by atoms with Gasteiger partial charge in [0.2, 0.25) is 5.88 Å². The predicted octanol–water partition coefficient (Wildman–Crippen LogP) is 3.98. The van der Waals surface area contributed by atoms with Crippen LogP contribution in [0.1, 0.15) is 54.0 Å². The number of carbonyl (C=O) groups excluding carboxylic acids is 2. The fraction of sp³-hybridized carbons (Fsp3) is 0.429. The molecule has 1 N–H and O–H groups in total. The maximum atomic E-state index is 12.6. The van der Waals surface area contributed by atoms with Crippen molar-refractivity contribution in [1.29, 1.82) is 0 Å². The van der Waals surface area contributed by atoms with E-state index in [1.165, 1.54) is 12.4 Å². The summed E-state index contributed by atoms with van der Waals surface area (Å²) in [7, 11) is 0. The minimum absolute atomic E-state index is 0.0304. The van der Waals surface area contributed by atoms with Gasteiger partial charge in [-0.05, 0) is 37.6 Å². The summed E-state index contributed by atoms with van der Waals surface area (Å²) >= 11 is 0. The molecule has 1 amide bonds. The monoisotopic (exact) mass is 423 g/mol. The van der Waals surface area contributed by atoms with E-state index in [9.17, 15) is 22.8 Å². The molecule has 6 nitrogen and oxygen atoms in total. The van der Waals surface area contributed by atoms with Crippen LogP contribution in [0, 0.1) is 12.8 Å². The number of amides is 1. The number of pyridine rings is 2. The van der Waals surface area contributed by atoms with Crippen LogP contribution in [0.3, 0.4) is 0 Å². The summed E-state index contributed by atoms with van der Waals surface area (Å²) in [6, 6.07) is 4.28. The molecule has 1 unspecified atom stereocenters. The molecule has 0 saturated heterocycles. The Labute approximate surface area is 172 Å². The van der Waals surface area contributed by atoms with Gasteiger partial charge < -0.3 is 10.1 Å². The minimum atomic E-state index is -4.45. The Morgan fingerprint density at radius 1 is 1.17 bits per heavy atom. The number of halogens is 3. The SMILES string of the molecule is Cc1cc(C(C)NC(=O)c2ccnc(CC(=O)C(C)C)c2)cnc1OCC(F)(F)F. The molecule has 0 bridgehead atoms. The van der Waals surface area contributed by atoms with Crippen molar-refractivity contribution in [3.63, 3.8) is 0 Å². The first-order chi connectivity index (χ1) is 14.0. The van der Waals surface area contributed by atoms with Gasteiger partial charge in [-0.1, -0.05) is 13.8 Å². The third-order valence-corrected chi connectivity index (χ3v) is 4.35. The average molecular weight is 423 g/mol. The number of aryl methyl sites for hydroxylation is 1. The van der Waals surface area contributed by atoms with Crippen molar-refractivity contribution in [3.8, 4) is 5.88 Å². The summed E-state index contributed by atoms with van der Waals surface area (Å²) in [6.45, 7) is 5.49. The summed E-state index contributed by atoms with van der Waals surface area (Å²) in [5, 5.41) is 2.81. The van der Waals surface area contributed by atoms with Gasteiger partial charge in [0.15, 0.2) is 6.61 Å². The number of ketones is 1. The van der Waals surface area contributed by atoms with Crippen LogP contribution >= 0.6 is 0 Å². The van der Waals surface area contributed by atoms with Gasteiger partial charge >= 0.3 is 6.18 Å². The van der Waals surface area contributed by atoms with Gasteiger partial charge in [-0.25, -0.2) is 4.98 Å². The van der Waals surface area contributed by atoms with Crippen LogP contribution in [0.2, 0.25) is 0 Å². The Hall–Kier alpha value is -2.97. The normalized spacial score (nSPS) is 12.5. The number of nitrogens with zero attached hydrogens (tertiary/aromatic N) is 2. The molecule has 9 heteroatoms. The number of alkyl halides is 3. The van der Waals surface area contributed by atoms with Crippen molar-refractivity contribution in [1.82, 2.24) is 15.3 Å². The van der Waals surface area contributed by atoms with Crippen LogP contribution in [-0.2, 0) is 11.2 Å². The van der Waals surface area contributed by atoms with Crippen molar-refractivity contribution in [2.24, 2.45) is 5.92 Å². The standard InChI is InChI=1S/C21H24F3N3O3/c1-12(2)18(28)9-17-8-15(5-6-25-17)19(29)27-14(4)16-7-13(3)20(26-10-16)30-11-21(22,23)24/h5-8,10,12,14H,9,11H2,1-4H3,(H,27,29). The van der Waals surface area contributed by atoms with Crippen LogP contribution in [-0.4, -0.2) is 34.4 Å². The zero-order valence-corrected chi connectivity index (χ0v) is 17.2. The van der Waals surface area contributed by atoms with Gasteiger partial charge in [0.1, 0.15) is 5.78 Å². The quantitative estimate of drug-likeness (QED) is 0.695. The van der Waals surface area contributed by atoms with E-state index in [1.807, 2.05) is 0 Å². The molecule has 0 radical (unpaired) electrons. The maximum Gasteiger partial charge on any atom is 0.422 e. The van der Waals surface area contributed by atoms with Gasteiger partial charge in [-0.3, -0.25) is 14.6 Å². The fourth-order valence-electron chi connectivity index (χ4n) is 2.58.